The number of fused-ring (bicyclic) bond motifs is 1. The maximum Gasteiger partial charge on any atom is 0.235 e. The Bertz CT molecular complexity index is 831. The molecule has 2 saturated heterocycles. The molecule has 4 atom stereocenters. The Labute approximate surface area is 134 Å². The number of aliphatic hydroxyl groups is 1. The van der Waals surface area contributed by atoms with Gasteiger partial charge in [-0.05, 0) is 24.6 Å². The number of ether oxygens (including phenoxy) is 2. The summed E-state index contributed by atoms with van der Waals surface area (Å²) in [4.78, 5) is -1.38. The largest absolute Gasteiger partial charge is 0.366 e. The van der Waals surface area contributed by atoms with Gasteiger partial charge in [-0.25, -0.2) is 8.42 Å². The fraction of sp³-hybridized carbons (Fsp3) is 0.294. The Morgan fingerprint density at radius 1 is 1.04 bits per heavy atom. The molecule has 2 fully saturated rings. The van der Waals surface area contributed by atoms with Crippen molar-refractivity contribution in [3.05, 3.63) is 65.7 Å². The second-order valence-electron chi connectivity index (χ2n) is 5.89. The number of epoxide rings is 1. The molecule has 2 heterocycles. The predicted octanol–water partition coefficient (Wildman–Crippen LogP) is 1.95. The van der Waals surface area contributed by atoms with Gasteiger partial charge in [-0.1, -0.05) is 48.0 Å². The standard InChI is InChI=1S/C17H16O5S/c1-11-7-9-13(10-8-11)23(19,20)17-14(12-5-3-2-4-6-12)21-16(18)15(17)22-17/h2-10,14-16,18H,1H3/t14-,15+,16+,17+/m1/s1. The Kier molecular flexibility index (Phi) is 3.15. The lowest BCUT2D eigenvalue weighted by Crippen LogP contribution is -2.31. The number of hydrogen-bond acceptors (Lipinski definition) is 5. The zero-order valence-corrected chi connectivity index (χ0v) is 13.2. The molecule has 1 N–H and O–H groups in total. The van der Waals surface area contributed by atoms with Gasteiger partial charge in [-0.2, -0.15) is 0 Å². The van der Waals surface area contributed by atoms with Crippen LogP contribution in [-0.2, 0) is 19.3 Å². The second-order valence-corrected chi connectivity index (χ2v) is 8.01. The van der Waals surface area contributed by atoms with E-state index in [1.54, 1.807) is 48.5 Å². The van der Waals surface area contributed by atoms with E-state index >= 15 is 0 Å². The number of sulfone groups is 1. The molecule has 0 aromatic heterocycles. The monoisotopic (exact) mass is 332 g/mol. The van der Waals surface area contributed by atoms with Crippen molar-refractivity contribution in [1.82, 2.24) is 0 Å². The van der Waals surface area contributed by atoms with Gasteiger partial charge < -0.3 is 14.6 Å². The van der Waals surface area contributed by atoms with E-state index in [0.29, 0.717) is 5.56 Å². The Morgan fingerprint density at radius 3 is 2.30 bits per heavy atom. The highest BCUT2D eigenvalue weighted by atomic mass is 32.2. The molecule has 120 valence electrons. The Balaban J connectivity index is 1.81. The van der Waals surface area contributed by atoms with Crippen molar-refractivity contribution in [3.8, 4) is 0 Å². The molecule has 6 heteroatoms. The number of aliphatic hydroxyl groups excluding tert-OH is 1. The number of aryl methyl sites for hydroxylation is 1. The van der Waals surface area contributed by atoms with Crippen LogP contribution in [0.2, 0.25) is 0 Å². The highest BCUT2D eigenvalue weighted by molar-refractivity contribution is 7.93. The summed E-state index contributed by atoms with van der Waals surface area (Å²) >= 11 is 0. The molecule has 4 rings (SSSR count). The summed E-state index contributed by atoms with van der Waals surface area (Å²) in [6, 6.07) is 15.6. The molecule has 5 nitrogen and oxygen atoms in total. The van der Waals surface area contributed by atoms with Gasteiger partial charge in [-0.15, -0.1) is 0 Å². The topological polar surface area (TPSA) is 76.1 Å². The van der Waals surface area contributed by atoms with Crippen LogP contribution in [0.1, 0.15) is 17.2 Å². The first-order valence-corrected chi connectivity index (χ1v) is 8.83. The van der Waals surface area contributed by atoms with Gasteiger partial charge in [0.2, 0.25) is 14.8 Å². The molecular weight excluding hydrogens is 316 g/mol. The van der Waals surface area contributed by atoms with Gasteiger partial charge in [0.25, 0.3) is 0 Å². The van der Waals surface area contributed by atoms with Crippen LogP contribution in [0.5, 0.6) is 0 Å². The van der Waals surface area contributed by atoms with Crippen molar-refractivity contribution in [2.45, 2.75) is 35.3 Å². The molecule has 0 amide bonds. The highest BCUT2D eigenvalue weighted by Gasteiger charge is 2.79. The fourth-order valence-corrected chi connectivity index (χ4v) is 5.12. The van der Waals surface area contributed by atoms with E-state index in [1.165, 1.54) is 0 Å². The van der Waals surface area contributed by atoms with Crippen LogP contribution in [-0.4, -0.2) is 30.9 Å². The molecule has 0 bridgehead atoms. The number of hydrogen-bond donors (Lipinski definition) is 1. The van der Waals surface area contributed by atoms with E-state index in [2.05, 4.69) is 0 Å². The van der Waals surface area contributed by atoms with Gasteiger partial charge in [0.05, 0.1) is 4.90 Å². The van der Waals surface area contributed by atoms with Crippen molar-refractivity contribution < 1.29 is 23.0 Å². The Hall–Kier alpha value is -1.73. The second kappa shape index (κ2) is 4.88. The van der Waals surface area contributed by atoms with Gasteiger partial charge in [-0.3, -0.25) is 0 Å². The summed E-state index contributed by atoms with van der Waals surface area (Å²) < 4.78 is 37.2. The smallest absolute Gasteiger partial charge is 0.235 e. The molecule has 0 unspecified atom stereocenters. The molecule has 2 aromatic carbocycles. The number of benzene rings is 2. The van der Waals surface area contributed by atoms with E-state index in [-0.39, 0.29) is 4.90 Å². The fourth-order valence-electron chi connectivity index (χ4n) is 3.14. The van der Waals surface area contributed by atoms with Crippen LogP contribution >= 0.6 is 0 Å². The summed E-state index contributed by atoms with van der Waals surface area (Å²) in [6.45, 7) is 1.89. The van der Waals surface area contributed by atoms with Crippen LogP contribution in [0.3, 0.4) is 0 Å². The lowest BCUT2D eigenvalue weighted by Gasteiger charge is -2.21. The van der Waals surface area contributed by atoms with Crippen LogP contribution in [0.25, 0.3) is 0 Å². The summed E-state index contributed by atoms with van der Waals surface area (Å²) in [5.74, 6) is 0. The average molecular weight is 332 g/mol. The van der Waals surface area contributed by atoms with Crippen LogP contribution in [0, 0.1) is 6.92 Å². The molecule has 0 saturated carbocycles. The van der Waals surface area contributed by atoms with Gasteiger partial charge in [0.1, 0.15) is 6.10 Å². The van der Waals surface area contributed by atoms with Gasteiger partial charge >= 0.3 is 0 Å². The average Bonchev–Trinajstić information content (AvgIpc) is 3.25. The van der Waals surface area contributed by atoms with Gasteiger partial charge in [0, 0.05) is 0 Å². The lowest BCUT2D eigenvalue weighted by molar-refractivity contribution is -0.145. The van der Waals surface area contributed by atoms with E-state index in [4.69, 9.17) is 9.47 Å². The van der Waals surface area contributed by atoms with Crippen molar-refractivity contribution >= 4 is 9.84 Å². The minimum absolute atomic E-state index is 0.171. The molecule has 2 aromatic rings. The zero-order chi connectivity index (χ0) is 16.2. The van der Waals surface area contributed by atoms with E-state index in [0.717, 1.165) is 5.56 Å². The first-order valence-electron chi connectivity index (χ1n) is 7.34. The summed E-state index contributed by atoms with van der Waals surface area (Å²) in [5.41, 5.74) is 1.64. The number of rotatable bonds is 3. The van der Waals surface area contributed by atoms with Crippen molar-refractivity contribution in [2.75, 3.05) is 0 Å². The zero-order valence-electron chi connectivity index (χ0n) is 12.4. The van der Waals surface area contributed by atoms with Crippen molar-refractivity contribution in [2.24, 2.45) is 0 Å². The maximum atomic E-state index is 13.1. The molecule has 2 aliphatic heterocycles. The summed E-state index contributed by atoms with van der Waals surface area (Å²) in [5, 5.41) is 9.98. The third kappa shape index (κ3) is 1.99. The van der Waals surface area contributed by atoms with Crippen molar-refractivity contribution in [3.63, 3.8) is 0 Å². The van der Waals surface area contributed by atoms with E-state index < -0.39 is 33.3 Å². The summed E-state index contributed by atoms with van der Waals surface area (Å²) in [7, 11) is -3.82. The summed E-state index contributed by atoms with van der Waals surface area (Å²) in [6.07, 6.45) is -2.96. The first kappa shape index (κ1) is 14.8. The van der Waals surface area contributed by atoms with Crippen LogP contribution in [0.4, 0.5) is 0 Å². The van der Waals surface area contributed by atoms with Crippen molar-refractivity contribution in [1.29, 1.82) is 0 Å². The van der Waals surface area contributed by atoms with E-state index in [9.17, 15) is 13.5 Å². The van der Waals surface area contributed by atoms with Crippen LogP contribution in [0.15, 0.2) is 59.5 Å². The molecule has 0 spiro atoms. The first-order chi connectivity index (χ1) is 11.0. The maximum absolute atomic E-state index is 13.1. The minimum Gasteiger partial charge on any atom is -0.366 e. The van der Waals surface area contributed by atoms with E-state index in [1.807, 2.05) is 13.0 Å². The molecular formula is C17H16O5S. The molecule has 0 radical (unpaired) electrons. The third-order valence-corrected chi connectivity index (χ3v) is 6.68. The highest BCUT2D eigenvalue weighted by Crippen LogP contribution is 2.61. The minimum atomic E-state index is -3.82. The molecule has 2 aliphatic rings. The third-order valence-electron chi connectivity index (χ3n) is 4.40. The van der Waals surface area contributed by atoms with Crippen LogP contribution < -0.4 is 0 Å². The molecule has 0 aliphatic carbocycles. The molecule has 23 heavy (non-hydrogen) atoms. The normalized spacial score (nSPS) is 32.5. The Morgan fingerprint density at radius 2 is 1.70 bits per heavy atom. The lowest BCUT2D eigenvalue weighted by atomic mass is 10.1. The quantitative estimate of drug-likeness (QED) is 0.870. The SMILES string of the molecule is Cc1ccc(S(=O)(=O)[C@]23O[C@H]2[C@@H](O)O[C@@H]3c2ccccc2)cc1. The predicted molar refractivity (Wildman–Crippen MR) is 82.2 cm³/mol. The van der Waals surface area contributed by atoms with Gasteiger partial charge in [0.15, 0.2) is 12.4 Å².